The number of pyridine rings is 1. The summed E-state index contributed by atoms with van der Waals surface area (Å²) in [7, 11) is 4.41. The van der Waals surface area contributed by atoms with Crippen LogP contribution in [0.4, 0.5) is 0 Å². The quantitative estimate of drug-likeness (QED) is 0.300. The highest BCUT2D eigenvalue weighted by atomic mass is 16.5. The van der Waals surface area contributed by atoms with E-state index in [1.807, 2.05) is 30.3 Å². The number of carbonyl (C=O) groups is 1. The van der Waals surface area contributed by atoms with Gasteiger partial charge in [-0.25, -0.2) is 4.79 Å². The molecule has 0 spiro atoms. The molecule has 2 N–H and O–H groups in total. The molecule has 0 saturated heterocycles. The Kier molecular flexibility index (Phi) is 8.18. The third kappa shape index (κ3) is 5.14. The van der Waals surface area contributed by atoms with E-state index in [1.165, 1.54) is 25.9 Å². The first-order chi connectivity index (χ1) is 18.4. The predicted molar refractivity (Wildman–Crippen MR) is 143 cm³/mol. The minimum atomic E-state index is -1.28. The van der Waals surface area contributed by atoms with Crippen molar-refractivity contribution in [1.82, 2.24) is 4.57 Å². The van der Waals surface area contributed by atoms with Gasteiger partial charge >= 0.3 is 5.97 Å². The molecule has 0 saturated carbocycles. The molecule has 4 aromatic rings. The zero-order valence-corrected chi connectivity index (χ0v) is 21.4. The molecule has 1 aromatic heterocycles. The first kappa shape index (κ1) is 26.6. The van der Waals surface area contributed by atoms with E-state index in [0.717, 1.165) is 5.56 Å². The molecule has 0 aliphatic heterocycles. The van der Waals surface area contributed by atoms with Gasteiger partial charge in [0.25, 0.3) is 5.56 Å². The average molecular weight is 520 g/mol. The minimum Gasteiger partial charge on any atom is -0.493 e. The third-order valence-corrected chi connectivity index (χ3v) is 6.19. The van der Waals surface area contributed by atoms with Crippen molar-refractivity contribution in [3.05, 3.63) is 82.3 Å². The molecule has 3 aromatic carbocycles. The molecule has 38 heavy (non-hydrogen) atoms. The molecule has 4 rings (SSSR count). The van der Waals surface area contributed by atoms with Crippen molar-refractivity contribution in [2.75, 3.05) is 27.9 Å². The normalized spacial score (nSPS) is 10.8. The Balaban J connectivity index is 1.99. The Labute approximate surface area is 219 Å². The summed E-state index contributed by atoms with van der Waals surface area (Å²) >= 11 is 0. The second kappa shape index (κ2) is 11.7. The van der Waals surface area contributed by atoms with E-state index in [9.17, 15) is 19.8 Å². The Morgan fingerprint density at radius 3 is 2.16 bits per heavy atom. The van der Waals surface area contributed by atoms with E-state index in [4.69, 9.17) is 18.9 Å². The Bertz CT molecular complexity index is 1490. The van der Waals surface area contributed by atoms with Gasteiger partial charge in [-0.3, -0.25) is 4.79 Å². The molecule has 0 atom stereocenters. The van der Waals surface area contributed by atoms with Crippen LogP contribution in [0.5, 0.6) is 23.0 Å². The summed E-state index contributed by atoms with van der Waals surface area (Å²) < 4.78 is 23.5. The molecule has 1 heterocycles. The summed E-state index contributed by atoms with van der Waals surface area (Å²) in [5, 5.41) is 20.4. The van der Waals surface area contributed by atoms with Gasteiger partial charge in [0.15, 0.2) is 11.5 Å². The van der Waals surface area contributed by atoms with E-state index < -0.39 is 11.5 Å². The first-order valence-corrected chi connectivity index (χ1v) is 11.9. The first-order valence-electron chi connectivity index (χ1n) is 11.9. The number of nitrogens with zero attached hydrogens (tertiary/aromatic N) is 1. The molecular formula is C29H29NO8. The van der Waals surface area contributed by atoms with Gasteiger partial charge in [0.2, 0.25) is 5.75 Å². The van der Waals surface area contributed by atoms with Gasteiger partial charge < -0.3 is 33.7 Å². The number of aliphatic hydroxyl groups is 1. The van der Waals surface area contributed by atoms with Crippen LogP contribution in [0.3, 0.4) is 0 Å². The maximum Gasteiger partial charge on any atom is 0.353 e. The second-order valence-electron chi connectivity index (χ2n) is 8.46. The van der Waals surface area contributed by atoms with E-state index in [1.54, 1.807) is 30.3 Å². The van der Waals surface area contributed by atoms with E-state index in [2.05, 4.69) is 0 Å². The minimum absolute atomic E-state index is 0.0133. The van der Waals surface area contributed by atoms with Crippen molar-refractivity contribution in [1.29, 1.82) is 0 Å². The van der Waals surface area contributed by atoms with Crippen LogP contribution in [0, 0.1) is 0 Å². The zero-order valence-electron chi connectivity index (χ0n) is 21.4. The molecule has 0 aliphatic rings. The van der Waals surface area contributed by atoms with Crippen molar-refractivity contribution in [3.63, 3.8) is 0 Å². The summed E-state index contributed by atoms with van der Waals surface area (Å²) in [5.41, 5.74) is 1.03. The number of carboxylic acid groups (broad SMARTS) is 1. The largest absolute Gasteiger partial charge is 0.493 e. The Morgan fingerprint density at radius 2 is 1.58 bits per heavy atom. The number of aromatic carboxylic acids is 1. The third-order valence-electron chi connectivity index (χ3n) is 6.19. The van der Waals surface area contributed by atoms with Crippen molar-refractivity contribution in [3.8, 4) is 34.1 Å². The number of ether oxygens (including phenoxy) is 4. The number of rotatable bonds is 11. The predicted octanol–water partition coefficient (Wildman–Crippen LogP) is 4.35. The summed E-state index contributed by atoms with van der Waals surface area (Å²) in [6.07, 6.45) is 0.199. The number of benzene rings is 3. The number of fused-ring (bicyclic) bond motifs is 1. The van der Waals surface area contributed by atoms with E-state index in [0.29, 0.717) is 46.1 Å². The van der Waals surface area contributed by atoms with Crippen molar-refractivity contribution in [2.24, 2.45) is 0 Å². The van der Waals surface area contributed by atoms with Gasteiger partial charge in [0.05, 0.1) is 26.7 Å². The molecule has 9 heteroatoms. The van der Waals surface area contributed by atoms with Crippen LogP contribution in [0.2, 0.25) is 0 Å². The fraction of sp³-hybridized carbons (Fsp3) is 0.241. The number of aromatic nitrogens is 1. The van der Waals surface area contributed by atoms with Gasteiger partial charge in [-0.2, -0.15) is 0 Å². The maximum atomic E-state index is 13.6. The van der Waals surface area contributed by atoms with Crippen molar-refractivity contribution < 1.29 is 34.0 Å². The van der Waals surface area contributed by atoms with Gasteiger partial charge in [0, 0.05) is 18.7 Å². The van der Waals surface area contributed by atoms with Crippen LogP contribution < -0.4 is 24.5 Å². The summed E-state index contributed by atoms with van der Waals surface area (Å²) in [6, 6.07) is 17.9. The van der Waals surface area contributed by atoms with Crippen molar-refractivity contribution in [2.45, 2.75) is 19.6 Å². The molecule has 0 bridgehead atoms. The van der Waals surface area contributed by atoms with Crippen LogP contribution in [0.15, 0.2) is 65.5 Å². The number of hydrogen-bond acceptors (Lipinski definition) is 7. The molecule has 0 unspecified atom stereocenters. The van der Waals surface area contributed by atoms with Gasteiger partial charge in [0.1, 0.15) is 18.1 Å². The van der Waals surface area contributed by atoms with Crippen LogP contribution in [0.25, 0.3) is 21.9 Å². The monoisotopic (exact) mass is 519 g/mol. The average Bonchev–Trinajstić information content (AvgIpc) is 2.95. The lowest BCUT2D eigenvalue weighted by atomic mass is 9.95. The van der Waals surface area contributed by atoms with Crippen LogP contribution in [0.1, 0.15) is 22.5 Å². The molecule has 0 fully saturated rings. The lowest BCUT2D eigenvalue weighted by Crippen LogP contribution is -2.28. The summed E-state index contributed by atoms with van der Waals surface area (Å²) in [6.45, 7) is 0.112. The lowest BCUT2D eigenvalue weighted by Gasteiger charge is -2.20. The maximum absolute atomic E-state index is 13.6. The zero-order chi connectivity index (χ0) is 27.2. The second-order valence-corrected chi connectivity index (χ2v) is 8.46. The van der Waals surface area contributed by atoms with Gasteiger partial charge in [-0.05, 0) is 53.3 Å². The fourth-order valence-corrected chi connectivity index (χ4v) is 4.44. The van der Waals surface area contributed by atoms with Gasteiger partial charge in [-0.1, -0.05) is 30.3 Å². The van der Waals surface area contributed by atoms with Crippen LogP contribution in [-0.4, -0.2) is 48.7 Å². The van der Waals surface area contributed by atoms with Crippen LogP contribution >= 0.6 is 0 Å². The number of methoxy groups -OCH3 is 3. The fourth-order valence-electron chi connectivity index (χ4n) is 4.44. The summed E-state index contributed by atoms with van der Waals surface area (Å²) in [5.74, 6) is 0.204. The van der Waals surface area contributed by atoms with Crippen LogP contribution in [-0.2, 0) is 13.2 Å². The Morgan fingerprint density at radius 1 is 0.895 bits per heavy atom. The molecule has 0 aliphatic carbocycles. The smallest absolute Gasteiger partial charge is 0.353 e. The van der Waals surface area contributed by atoms with Crippen molar-refractivity contribution >= 4 is 16.7 Å². The molecular weight excluding hydrogens is 490 g/mol. The Hall–Kier alpha value is -4.50. The number of hydrogen-bond donors (Lipinski definition) is 2. The number of aliphatic hydroxyl groups excluding tert-OH is 1. The molecule has 0 radical (unpaired) electrons. The highest BCUT2D eigenvalue weighted by molar-refractivity contribution is 6.06. The SMILES string of the molecule is COc1cc(-c2c(C(=O)O)n(CCCO)c(=O)c3cc(OCc4ccccc4)ccc23)cc(OC)c1OC. The standard InChI is InChI=1S/C29H29NO8/c1-35-23-14-19(15-24(36-2)27(23)37-3)25-21-11-10-20(38-17-18-8-5-4-6-9-18)16-22(21)28(32)30(12-7-13-31)26(25)29(33)34/h4-6,8-11,14-16,31H,7,12-13,17H2,1-3H3,(H,33,34). The highest BCUT2D eigenvalue weighted by Crippen LogP contribution is 2.43. The number of carboxylic acids is 1. The highest BCUT2D eigenvalue weighted by Gasteiger charge is 2.25. The molecule has 0 amide bonds. The lowest BCUT2D eigenvalue weighted by molar-refractivity contribution is 0.0684. The summed E-state index contributed by atoms with van der Waals surface area (Å²) in [4.78, 5) is 26.2. The van der Waals surface area contributed by atoms with E-state index >= 15 is 0 Å². The van der Waals surface area contributed by atoms with E-state index in [-0.39, 0.29) is 30.7 Å². The molecule has 198 valence electrons. The topological polar surface area (TPSA) is 116 Å². The molecule has 9 nitrogen and oxygen atoms in total. The van der Waals surface area contributed by atoms with Gasteiger partial charge in [-0.15, -0.1) is 0 Å².